The van der Waals surface area contributed by atoms with Crippen molar-refractivity contribution in [3.63, 3.8) is 0 Å². The summed E-state index contributed by atoms with van der Waals surface area (Å²) in [5.74, 6) is 0.0286. The van der Waals surface area contributed by atoms with Gasteiger partial charge in [0.1, 0.15) is 4.90 Å². The smallest absolute Gasteiger partial charge is 0.267 e. The monoisotopic (exact) mass is 310 g/mol. The highest BCUT2D eigenvalue weighted by Gasteiger charge is 2.25. The zero-order chi connectivity index (χ0) is 15.5. The third-order valence-corrected chi connectivity index (χ3v) is 4.23. The highest BCUT2D eigenvalue weighted by Crippen LogP contribution is 2.19. The predicted octanol–water partition coefficient (Wildman–Crippen LogP) is 0.807. The highest BCUT2D eigenvalue weighted by molar-refractivity contribution is 7.92. The Balaban J connectivity index is 2.29. The second kappa shape index (κ2) is 6.19. The molecule has 0 saturated carbocycles. The standard InChI is InChI=1S/C12H18N6O2S/c1-8(2)15-7-10-11(9(3)16-17-10)21(19,20)18-12-13-5-4-6-14-12/h4-6,8,15H,7H2,1-3H3,(H,16,17)(H,13,14,18). The molecule has 0 saturated heterocycles. The van der Waals surface area contributed by atoms with Crippen molar-refractivity contribution >= 4 is 16.0 Å². The first-order valence-corrected chi connectivity index (χ1v) is 7.95. The molecule has 3 N–H and O–H groups in total. The molecule has 0 bridgehead atoms. The van der Waals surface area contributed by atoms with E-state index in [0.717, 1.165) is 0 Å². The lowest BCUT2D eigenvalue weighted by molar-refractivity contribution is 0.570. The summed E-state index contributed by atoms with van der Waals surface area (Å²) in [5, 5.41) is 9.90. The van der Waals surface area contributed by atoms with E-state index in [-0.39, 0.29) is 16.9 Å². The van der Waals surface area contributed by atoms with Crippen LogP contribution in [0.15, 0.2) is 23.4 Å². The van der Waals surface area contributed by atoms with Crippen LogP contribution in [0.2, 0.25) is 0 Å². The number of aromatic nitrogens is 4. The zero-order valence-electron chi connectivity index (χ0n) is 12.1. The van der Waals surface area contributed by atoms with Gasteiger partial charge in [-0.3, -0.25) is 5.10 Å². The molecule has 2 rings (SSSR count). The molecule has 0 aliphatic rings. The summed E-state index contributed by atoms with van der Waals surface area (Å²) in [7, 11) is -3.79. The molecule has 0 spiro atoms. The first kappa shape index (κ1) is 15.4. The van der Waals surface area contributed by atoms with Crippen molar-refractivity contribution in [3.8, 4) is 0 Å². The molecule has 0 radical (unpaired) electrons. The Kier molecular flexibility index (Phi) is 4.53. The Hall–Kier alpha value is -2.00. The van der Waals surface area contributed by atoms with Crippen LogP contribution in [0.3, 0.4) is 0 Å². The summed E-state index contributed by atoms with van der Waals surface area (Å²) in [6, 6.07) is 1.83. The molecule has 9 heteroatoms. The molecule has 0 aliphatic carbocycles. The maximum Gasteiger partial charge on any atom is 0.267 e. The molecule has 0 unspecified atom stereocenters. The molecule has 0 fully saturated rings. The van der Waals surface area contributed by atoms with Gasteiger partial charge in [-0.15, -0.1) is 0 Å². The molecule has 2 aromatic heterocycles. The average Bonchev–Trinajstić information content (AvgIpc) is 2.79. The SMILES string of the molecule is Cc1[nH]nc(CNC(C)C)c1S(=O)(=O)Nc1ncccn1. The van der Waals surface area contributed by atoms with E-state index >= 15 is 0 Å². The van der Waals surface area contributed by atoms with E-state index in [0.29, 0.717) is 17.9 Å². The van der Waals surface area contributed by atoms with Crippen LogP contribution in [0.1, 0.15) is 25.2 Å². The summed E-state index contributed by atoms with van der Waals surface area (Å²) in [5.41, 5.74) is 0.906. The molecular formula is C12H18N6O2S. The maximum atomic E-state index is 12.5. The Morgan fingerprint density at radius 3 is 2.57 bits per heavy atom. The summed E-state index contributed by atoms with van der Waals surface area (Å²) in [6.45, 7) is 5.97. The number of sulfonamides is 1. The molecule has 114 valence electrons. The van der Waals surface area contributed by atoms with E-state index in [2.05, 4.69) is 30.2 Å². The normalized spacial score (nSPS) is 11.8. The Morgan fingerprint density at radius 2 is 1.95 bits per heavy atom. The third kappa shape index (κ3) is 3.76. The van der Waals surface area contributed by atoms with Gasteiger partial charge >= 0.3 is 0 Å². The van der Waals surface area contributed by atoms with Crippen LogP contribution in [-0.4, -0.2) is 34.6 Å². The minimum absolute atomic E-state index is 0.0286. The summed E-state index contributed by atoms with van der Waals surface area (Å²) in [6.07, 6.45) is 2.93. The molecule has 2 heterocycles. The second-order valence-corrected chi connectivity index (χ2v) is 6.46. The van der Waals surface area contributed by atoms with Gasteiger partial charge in [0, 0.05) is 25.0 Å². The summed E-state index contributed by atoms with van der Waals surface area (Å²) < 4.78 is 27.3. The molecule has 2 aromatic rings. The van der Waals surface area contributed by atoms with Crippen molar-refractivity contribution in [2.24, 2.45) is 0 Å². The van der Waals surface area contributed by atoms with Crippen LogP contribution in [0.5, 0.6) is 0 Å². The van der Waals surface area contributed by atoms with Crippen LogP contribution in [0.4, 0.5) is 5.95 Å². The number of nitrogens with one attached hydrogen (secondary N) is 3. The first-order valence-electron chi connectivity index (χ1n) is 6.47. The topological polar surface area (TPSA) is 113 Å². The predicted molar refractivity (Wildman–Crippen MR) is 78.1 cm³/mol. The van der Waals surface area contributed by atoms with Gasteiger partial charge in [0.25, 0.3) is 10.0 Å². The van der Waals surface area contributed by atoms with Crippen LogP contribution in [0, 0.1) is 6.92 Å². The molecule has 21 heavy (non-hydrogen) atoms. The fourth-order valence-corrected chi connectivity index (χ4v) is 3.09. The number of hydrogen-bond acceptors (Lipinski definition) is 6. The van der Waals surface area contributed by atoms with Crippen LogP contribution >= 0.6 is 0 Å². The van der Waals surface area contributed by atoms with Gasteiger partial charge in [-0.1, -0.05) is 13.8 Å². The van der Waals surface area contributed by atoms with Gasteiger partial charge in [0.2, 0.25) is 5.95 Å². The van der Waals surface area contributed by atoms with Crippen molar-refractivity contribution in [2.75, 3.05) is 4.72 Å². The molecule has 0 aliphatic heterocycles. The average molecular weight is 310 g/mol. The van der Waals surface area contributed by atoms with Gasteiger partial charge < -0.3 is 5.32 Å². The maximum absolute atomic E-state index is 12.5. The van der Waals surface area contributed by atoms with Crippen molar-refractivity contribution in [1.82, 2.24) is 25.5 Å². The fraction of sp³-hybridized carbons (Fsp3) is 0.417. The van der Waals surface area contributed by atoms with E-state index in [1.165, 1.54) is 12.4 Å². The highest BCUT2D eigenvalue weighted by atomic mass is 32.2. The van der Waals surface area contributed by atoms with Gasteiger partial charge in [-0.25, -0.2) is 23.1 Å². The van der Waals surface area contributed by atoms with Crippen molar-refractivity contribution < 1.29 is 8.42 Å². The molecule has 0 atom stereocenters. The van der Waals surface area contributed by atoms with Gasteiger partial charge in [0.15, 0.2) is 0 Å². The summed E-state index contributed by atoms with van der Waals surface area (Å²) in [4.78, 5) is 7.85. The van der Waals surface area contributed by atoms with Crippen LogP contribution in [-0.2, 0) is 16.6 Å². The minimum Gasteiger partial charge on any atom is -0.309 e. The van der Waals surface area contributed by atoms with Crippen molar-refractivity contribution in [1.29, 1.82) is 0 Å². The quantitative estimate of drug-likeness (QED) is 0.727. The fourth-order valence-electron chi connectivity index (χ4n) is 1.77. The lowest BCUT2D eigenvalue weighted by atomic mass is 10.3. The lowest BCUT2D eigenvalue weighted by Gasteiger charge is -2.09. The molecule has 8 nitrogen and oxygen atoms in total. The first-order chi connectivity index (χ1) is 9.90. The van der Waals surface area contributed by atoms with E-state index in [9.17, 15) is 8.42 Å². The number of nitrogens with zero attached hydrogens (tertiary/aromatic N) is 3. The number of aromatic amines is 1. The van der Waals surface area contributed by atoms with E-state index < -0.39 is 10.0 Å². The summed E-state index contributed by atoms with van der Waals surface area (Å²) >= 11 is 0. The van der Waals surface area contributed by atoms with Gasteiger partial charge in [-0.05, 0) is 13.0 Å². The number of rotatable bonds is 6. The number of anilines is 1. The number of hydrogen-bond donors (Lipinski definition) is 3. The van der Waals surface area contributed by atoms with Gasteiger partial charge in [-0.2, -0.15) is 5.10 Å². The zero-order valence-corrected chi connectivity index (χ0v) is 12.9. The van der Waals surface area contributed by atoms with Crippen LogP contribution in [0.25, 0.3) is 0 Å². The second-order valence-electron chi connectivity index (χ2n) is 4.84. The van der Waals surface area contributed by atoms with Crippen molar-refractivity contribution in [3.05, 3.63) is 29.8 Å². The lowest BCUT2D eigenvalue weighted by Crippen LogP contribution is -2.24. The van der Waals surface area contributed by atoms with E-state index in [1.54, 1.807) is 13.0 Å². The number of aryl methyl sites for hydroxylation is 1. The third-order valence-electron chi connectivity index (χ3n) is 2.70. The van der Waals surface area contributed by atoms with E-state index in [1.807, 2.05) is 13.8 Å². The molecular weight excluding hydrogens is 292 g/mol. The van der Waals surface area contributed by atoms with Gasteiger partial charge in [0.05, 0.1) is 11.4 Å². The largest absolute Gasteiger partial charge is 0.309 e. The number of H-pyrrole nitrogens is 1. The van der Waals surface area contributed by atoms with Crippen molar-refractivity contribution in [2.45, 2.75) is 38.3 Å². The van der Waals surface area contributed by atoms with Crippen LogP contribution < -0.4 is 10.0 Å². The Morgan fingerprint density at radius 1 is 1.29 bits per heavy atom. The minimum atomic E-state index is -3.79. The Bertz CT molecular complexity index is 696. The molecule has 0 amide bonds. The van der Waals surface area contributed by atoms with E-state index in [4.69, 9.17) is 0 Å². The Labute approximate surface area is 123 Å². The molecule has 0 aromatic carbocycles.